The lowest BCUT2D eigenvalue weighted by molar-refractivity contribution is -0.139. The average Bonchev–Trinajstić information content (AvgIpc) is 2.28. The molecule has 0 aliphatic heterocycles. The van der Waals surface area contributed by atoms with Gasteiger partial charge in [-0.1, -0.05) is 6.07 Å². The van der Waals surface area contributed by atoms with Gasteiger partial charge in [0.25, 0.3) is 0 Å². The Morgan fingerprint density at radius 3 is 2.81 bits per heavy atom. The fourth-order valence-corrected chi connectivity index (χ4v) is 2.15. The number of carbonyl (C=O) groups is 1. The molecular formula is C11H9BrClNO2. The Morgan fingerprint density at radius 1 is 1.62 bits per heavy atom. The number of methoxy groups -OCH3 is 1. The Morgan fingerprint density at radius 2 is 2.31 bits per heavy atom. The number of ether oxygens (including phenoxy) is 1. The van der Waals surface area contributed by atoms with Crippen molar-refractivity contribution < 1.29 is 9.53 Å². The van der Waals surface area contributed by atoms with Crippen LogP contribution in [0.3, 0.4) is 0 Å². The van der Waals surface area contributed by atoms with Crippen molar-refractivity contribution in [3.05, 3.63) is 33.3 Å². The van der Waals surface area contributed by atoms with E-state index in [1.165, 1.54) is 7.11 Å². The van der Waals surface area contributed by atoms with Gasteiger partial charge < -0.3 is 4.74 Å². The maximum absolute atomic E-state index is 11.1. The molecule has 0 saturated heterocycles. The van der Waals surface area contributed by atoms with E-state index in [9.17, 15) is 4.79 Å². The summed E-state index contributed by atoms with van der Waals surface area (Å²) in [6.07, 6.45) is 0.171. The lowest BCUT2D eigenvalue weighted by atomic mass is 10.0. The fraction of sp³-hybridized carbons (Fsp3) is 0.273. The normalized spacial score (nSPS) is 9.62. The van der Waals surface area contributed by atoms with Gasteiger partial charge in [0.05, 0.1) is 19.1 Å². The number of benzene rings is 1. The molecule has 0 spiro atoms. The molecule has 0 fully saturated rings. The maximum Gasteiger partial charge on any atom is 0.309 e. The topological polar surface area (TPSA) is 50.1 Å². The molecule has 0 amide bonds. The van der Waals surface area contributed by atoms with Crippen molar-refractivity contribution in [3.8, 4) is 6.07 Å². The van der Waals surface area contributed by atoms with Gasteiger partial charge in [0, 0.05) is 10.4 Å². The highest BCUT2D eigenvalue weighted by Gasteiger charge is 2.10. The van der Waals surface area contributed by atoms with Crippen molar-refractivity contribution in [2.75, 3.05) is 7.11 Å². The molecule has 0 saturated carbocycles. The second-order valence-electron chi connectivity index (χ2n) is 3.11. The molecule has 0 radical (unpaired) electrons. The maximum atomic E-state index is 11.1. The van der Waals surface area contributed by atoms with Crippen molar-refractivity contribution in [1.82, 2.24) is 0 Å². The first-order chi connectivity index (χ1) is 7.62. The second-order valence-corrected chi connectivity index (χ2v) is 4.23. The Bertz CT molecular complexity index is 454. The number of esters is 1. The van der Waals surface area contributed by atoms with Gasteiger partial charge in [-0.2, -0.15) is 5.26 Å². The first-order valence-electron chi connectivity index (χ1n) is 4.46. The Balaban J connectivity index is 3.11. The third-order valence-corrected chi connectivity index (χ3v) is 2.98. The van der Waals surface area contributed by atoms with Crippen molar-refractivity contribution in [2.45, 2.75) is 12.3 Å². The van der Waals surface area contributed by atoms with Gasteiger partial charge in [-0.3, -0.25) is 4.79 Å². The third-order valence-electron chi connectivity index (χ3n) is 2.06. The summed E-state index contributed by atoms with van der Waals surface area (Å²) in [5, 5.41) is 8.92. The number of rotatable bonds is 3. The predicted molar refractivity (Wildman–Crippen MR) is 64.1 cm³/mol. The van der Waals surface area contributed by atoms with Gasteiger partial charge >= 0.3 is 5.97 Å². The highest BCUT2D eigenvalue weighted by atomic mass is 79.9. The standard InChI is InChI=1S/C11H9BrClNO2/c1-16-11(15)4-7-2-8(5-13)9(6-14)10(12)3-7/h2-3H,4-5H2,1H3. The quantitative estimate of drug-likeness (QED) is 0.637. The minimum atomic E-state index is -0.322. The molecule has 1 aromatic carbocycles. The van der Waals surface area contributed by atoms with Gasteiger partial charge in [-0.05, 0) is 33.1 Å². The van der Waals surface area contributed by atoms with Crippen molar-refractivity contribution in [2.24, 2.45) is 0 Å². The van der Waals surface area contributed by atoms with E-state index in [0.717, 1.165) is 5.56 Å². The summed E-state index contributed by atoms with van der Waals surface area (Å²) < 4.78 is 5.22. The van der Waals surface area contributed by atoms with Crippen LogP contribution in [0.15, 0.2) is 16.6 Å². The molecule has 0 unspecified atom stereocenters. The lowest BCUT2D eigenvalue weighted by Gasteiger charge is -2.06. The van der Waals surface area contributed by atoms with Crippen LogP contribution < -0.4 is 0 Å². The third kappa shape index (κ3) is 2.97. The summed E-state index contributed by atoms with van der Waals surface area (Å²) in [6, 6.07) is 5.53. The highest BCUT2D eigenvalue weighted by Crippen LogP contribution is 2.24. The van der Waals surface area contributed by atoms with Crippen molar-refractivity contribution >= 4 is 33.5 Å². The molecule has 0 aliphatic carbocycles. The minimum absolute atomic E-state index is 0.171. The van der Waals surface area contributed by atoms with Crippen LogP contribution in [0.4, 0.5) is 0 Å². The first kappa shape index (κ1) is 13.0. The largest absolute Gasteiger partial charge is 0.469 e. The average molecular weight is 303 g/mol. The summed E-state index contributed by atoms with van der Waals surface area (Å²) >= 11 is 9.01. The Labute approximate surface area is 107 Å². The molecule has 1 aromatic rings. The summed E-state index contributed by atoms with van der Waals surface area (Å²) in [6.45, 7) is 0. The smallest absolute Gasteiger partial charge is 0.309 e. The van der Waals surface area contributed by atoms with E-state index >= 15 is 0 Å². The first-order valence-corrected chi connectivity index (χ1v) is 5.79. The number of carbonyl (C=O) groups excluding carboxylic acids is 1. The van der Waals surface area contributed by atoms with Gasteiger partial charge in [0.2, 0.25) is 0 Å². The van der Waals surface area contributed by atoms with E-state index in [2.05, 4.69) is 26.7 Å². The van der Waals surface area contributed by atoms with Crippen LogP contribution in [-0.4, -0.2) is 13.1 Å². The summed E-state index contributed by atoms with van der Waals surface area (Å²) in [4.78, 5) is 11.1. The Kier molecular flexibility index (Phi) is 4.78. The van der Waals surface area contributed by atoms with Crippen LogP contribution in [-0.2, 0) is 21.8 Å². The van der Waals surface area contributed by atoms with Crippen molar-refractivity contribution in [1.29, 1.82) is 5.26 Å². The van der Waals surface area contributed by atoms with Gasteiger partial charge in [0.15, 0.2) is 0 Å². The number of halogens is 2. The number of hydrogen-bond acceptors (Lipinski definition) is 3. The van der Waals surface area contributed by atoms with Crippen LogP contribution in [0.2, 0.25) is 0 Å². The van der Waals surface area contributed by atoms with Crippen LogP contribution in [0.5, 0.6) is 0 Å². The molecule has 3 nitrogen and oxygen atoms in total. The zero-order valence-corrected chi connectivity index (χ0v) is 10.9. The monoisotopic (exact) mass is 301 g/mol. The molecule has 0 bridgehead atoms. The molecule has 5 heteroatoms. The van der Waals surface area contributed by atoms with E-state index in [0.29, 0.717) is 15.6 Å². The highest BCUT2D eigenvalue weighted by molar-refractivity contribution is 9.10. The van der Waals surface area contributed by atoms with Crippen LogP contribution >= 0.6 is 27.5 Å². The molecule has 16 heavy (non-hydrogen) atoms. The fourth-order valence-electron chi connectivity index (χ4n) is 1.30. The van der Waals surface area contributed by atoms with Crippen LogP contribution in [0, 0.1) is 11.3 Å². The zero-order chi connectivity index (χ0) is 12.1. The number of hydrogen-bond donors (Lipinski definition) is 0. The minimum Gasteiger partial charge on any atom is -0.469 e. The van der Waals surface area contributed by atoms with Crippen LogP contribution in [0.1, 0.15) is 16.7 Å². The van der Waals surface area contributed by atoms with E-state index in [1.807, 2.05) is 0 Å². The summed E-state index contributed by atoms with van der Waals surface area (Å²) in [5.74, 6) is -0.0895. The number of nitrogens with zero attached hydrogens (tertiary/aromatic N) is 1. The van der Waals surface area contributed by atoms with E-state index in [-0.39, 0.29) is 18.3 Å². The lowest BCUT2D eigenvalue weighted by Crippen LogP contribution is -2.05. The van der Waals surface area contributed by atoms with Crippen molar-refractivity contribution in [3.63, 3.8) is 0 Å². The van der Waals surface area contributed by atoms with Gasteiger partial charge in [-0.25, -0.2) is 0 Å². The second kappa shape index (κ2) is 5.88. The molecule has 0 heterocycles. The van der Waals surface area contributed by atoms with Gasteiger partial charge in [0.1, 0.15) is 6.07 Å². The molecular weight excluding hydrogens is 293 g/mol. The molecule has 0 aromatic heterocycles. The predicted octanol–water partition coefficient (Wildman–Crippen LogP) is 2.78. The zero-order valence-electron chi connectivity index (χ0n) is 8.59. The molecule has 84 valence electrons. The van der Waals surface area contributed by atoms with E-state index < -0.39 is 0 Å². The molecule has 0 N–H and O–H groups in total. The van der Waals surface area contributed by atoms with Gasteiger partial charge in [-0.15, -0.1) is 11.6 Å². The van der Waals surface area contributed by atoms with Crippen LogP contribution in [0.25, 0.3) is 0 Å². The SMILES string of the molecule is COC(=O)Cc1cc(Br)c(C#N)c(CCl)c1. The summed E-state index contributed by atoms with van der Waals surface area (Å²) in [5.41, 5.74) is 1.98. The van der Waals surface area contributed by atoms with E-state index in [1.54, 1.807) is 12.1 Å². The molecule has 1 rings (SSSR count). The van der Waals surface area contributed by atoms with E-state index in [4.69, 9.17) is 16.9 Å². The molecule has 0 aliphatic rings. The molecule has 0 atom stereocenters. The summed E-state index contributed by atoms with van der Waals surface area (Å²) in [7, 11) is 1.34. The Hall–Kier alpha value is -1.05. The number of alkyl halides is 1. The number of nitriles is 1.